The van der Waals surface area contributed by atoms with Gasteiger partial charge >= 0.3 is 0 Å². The van der Waals surface area contributed by atoms with E-state index in [2.05, 4.69) is 20.4 Å². The lowest BCUT2D eigenvalue weighted by Gasteiger charge is -2.43. The van der Waals surface area contributed by atoms with Crippen LogP contribution < -0.4 is 5.32 Å². The number of aromatic nitrogens is 3. The van der Waals surface area contributed by atoms with E-state index in [1.54, 1.807) is 12.1 Å². The molecule has 2 aliphatic heterocycles. The van der Waals surface area contributed by atoms with Crippen molar-refractivity contribution in [3.63, 3.8) is 0 Å². The highest BCUT2D eigenvalue weighted by Gasteiger charge is 2.38. The minimum absolute atomic E-state index is 0.0256. The van der Waals surface area contributed by atoms with Crippen LogP contribution in [0.2, 0.25) is 0 Å². The smallest absolute Gasteiger partial charge is 0.289 e. The van der Waals surface area contributed by atoms with Gasteiger partial charge in [-0.25, -0.2) is 4.39 Å². The number of hydrogen-bond donors (Lipinski definition) is 1. The maximum absolute atomic E-state index is 13.5. The van der Waals surface area contributed by atoms with Crippen LogP contribution >= 0.6 is 0 Å². The number of benzene rings is 1. The number of nitrogens with zero attached hydrogens (tertiary/aromatic N) is 5. The molecule has 2 aromatic rings. The number of fused-ring (bicyclic) bond motifs is 3. The lowest BCUT2D eigenvalue weighted by Crippen LogP contribution is -2.54. The van der Waals surface area contributed by atoms with Gasteiger partial charge in [0.25, 0.3) is 5.91 Å². The molecule has 1 aliphatic carbocycles. The summed E-state index contributed by atoms with van der Waals surface area (Å²) in [5, 5.41) is 11.7. The summed E-state index contributed by atoms with van der Waals surface area (Å²) in [6.45, 7) is 4.03. The lowest BCUT2D eigenvalue weighted by molar-refractivity contribution is -0.134. The van der Waals surface area contributed by atoms with Gasteiger partial charge in [0.2, 0.25) is 11.7 Å². The third-order valence-corrected chi connectivity index (χ3v) is 7.26. The van der Waals surface area contributed by atoms with Crippen LogP contribution in [-0.2, 0) is 17.8 Å². The Morgan fingerprint density at radius 3 is 2.70 bits per heavy atom. The van der Waals surface area contributed by atoms with Gasteiger partial charge in [0.1, 0.15) is 5.82 Å². The molecule has 0 spiro atoms. The fraction of sp³-hybridized carbons (Fsp3) is 0.583. The Kier molecular flexibility index (Phi) is 6.39. The van der Waals surface area contributed by atoms with E-state index < -0.39 is 0 Å². The van der Waals surface area contributed by atoms with Crippen LogP contribution in [0.5, 0.6) is 0 Å². The van der Waals surface area contributed by atoms with Crippen molar-refractivity contribution >= 4 is 11.8 Å². The van der Waals surface area contributed by atoms with Gasteiger partial charge in [-0.05, 0) is 36.5 Å². The highest BCUT2D eigenvalue weighted by atomic mass is 19.1. The average Bonchev–Trinajstić information content (AvgIpc) is 3.28. The largest absolute Gasteiger partial charge is 0.349 e. The van der Waals surface area contributed by atoms with E-state index in [1.807, 2.05) is 9.47 Å². The summed E-state index contributed by atoms with van der Waals surface area (Å²) >= 11 is 0. The minimum Gasteiger partial charge on any atom is -0.349 e. The molecule has 0 bridgehead atoms. The molecule has 1 saturated carbocycles. The first-order valence-electron chi connectivity index (χ1n) is 12.1. The molecule has 176 valence electrons. The Hall–Kier alpha value is -2.81. The van der Waals surface area contributed by atoms with Gasteiger partial charge in [-0.2, -0.15) is 0 Å². The predicted octanol–water partition coefficient (Wildman–Crippen LogP) is 2.17. The summed E-state index contributed by atoms with van der Waals surface area (Å²) in [6.07, 6.45) is 6.30. The first kappa shape index (κ1) is 22.0. The van der Waals surface area contributed by atoms with Crippen molar-refractivity contribution < 1.29 is 14.0 Å². The normalized spacial score (nSPS) is 21.4. The van der Waals surface area contributed by atoms with E-state index in [9.17, 15) is 14.0 Å². The Morgan fingerprint density at radius 2 is 1.88 bits per heavy atom. The first-order chi connectivity index (χ1) is 16.1. The Morgan fingerprint density at radius 1 is 1.06 bits per heavy atom. The number of rotatable bonds is 5. The second-order valence-electron chi connectivity index (χ2n) is 9.45. The number of carbonyl (C=O) groups excluding carboxylic acids is 2. The molecule has 1 aromatic heterocycles. The Balaban J connectivity index is 1.24. The van der Waals surface area contributed by atoms with Crippen LogP contribution in [0.3, 0.4) is 0 Å². The maximum Gasteiger partial charge on any atom is 0.289 e. The van der Waals surface area contributed by atoms with Crippen molar-refractivity contribution in [2.75, 3.05) is 32.7 Å². The van der Waals surface area contributed by atoms with Gasteiger partial charge in [0, 0.05) is 39.3 Å². The summed E-state index contributed by atoms with van der Waals surface area (Å²) in [6, 6.07) is 6.09. The van der Waals surface area contributed by atoms with Crippen LogP contribution in [0.4, 0.5) is 4.39 Å². The second-order valence-corrected chi connectivity index (χ2v) is 9.45. The summed E-state index contributed by atoms with van der Waals surface area (Å²) in [5.74, 6) is 1.14. The van der Waals surface area contributed by atoms with Crippen LogP contribution in [0.25, 0.3) is 0 Å². The Bertz CT molecular complexity index is 1020. The van der Waals surface area contributed by atoms with Crippen molar-refractivity contribution in [3.8, 4) is 0 Å². The number of piperazine rings is 1. The van der Waals surface area contributed by atoms with Gasteiger partial charge in [-0.15, -0.1) is 10.2 Å². The van der Waals surface area contributed by atoms with Crippen LogP contribution in [0.15, 0.2) is 24.3 Å². The number of carbonyl (C=O) groups is 2. The molecule has 2 fully saturated rings. The molecule has 3 aliphatic rings. The third kappa shape index (κ3) is 4.78. The molecule has 0 unspecified atom stereocenters. The van der Waals surface area contributed by atoms with E-state index in [4.69, 9.17) is 0 Å². The number of halogens is 1. The molecule has 0 radical (unpaired) electrons. The molecule has 2 amide bonds. The van der Waals surface area contributed by atoms with E-state index in [1.165, 1.54) is 44.2 Å². The molecule has 1 atom stereocenters. The monoisotopic (exact) mass is 454 g/mol. The van der Waals surface area contributed by atoms with E-state index in [0.29, 0.717) is 43.5 Å². The zero-order valence-corrected chi connectivity index (χ0v) is 18.9. The molecule has 1 saturated heterocycles. The van der Waals surface area contributed by atoms with Gasteiger partial charge in [-0.1, -0.05) is 31.4 Å². The van der Waals surface area contributed by atoms with Crippen molar-refractivity contribution in [3.05, 3.63) is 47.3 Å². The minimum atomic E-state index is -0.334. The summed E-state index contributed by atoms with van der Waals surface area (Å²) in [5.41, 5.74) is 0.672. The molecule has 3 heterocycles. The molecule has 33 heavy (non-hydrogen) atoms. The summed E-state index contributed by atoms with van der Waals surface area (Å²) in [7, 11) is 0. The average molecular weight is 455 g/mol. The van der Waals surface area contributed by atoms with Gasteiger partial charge in [-0.3, -0.25) is 14.5 Å². The Labute approximate surface area is 193 Å². The van der Waals surface area contributed by atoms with Crippen LogP contribution in [0.1, 0.15) is 60.2 Å². The zero-order valence-electron chi connectivity index (χ0n) is 18.9. The topological polar surface area (TPSA) is 83.4 Å². The van der Waals surface area contributed by atoms with E-state index in [0.717, 1.165) is 18.9 Å². The van der Waals surface area contributed by atoms with Crippen LogP contribution in [0, 0.1) is 11.7 Å². The summed E-state index contributed by atoms with van der Waals surface area (Å²) in [4.78, 5) is 29.9. The van der Waals surface area contributed by atoms with Crippen molar-refractivity contribution in [1.82, 2.24) is 29.9 Å². The highest BCUT2D eigenvalue weighted by Crippen LogP contribution is 2.29. The third-order valence-electron chi connectivity index (χ3n) is 7.26. The van der Waals surface area contributed by atoms with Crippen molar-refractivity contribution in [2.24, 2.45) is 5.92 Å². The highest BCUT2D eigenvalue weighted by molar-refractivity contribution is 5.90. The standard InChI is InChI=1S/C24H31FN6O2/c25-19-8-4-7-18(13-19)14-21(32)30-10-9-29-11-12-31-22(20(29)16-30)27-28-23(31)24(33)26-15-17-5-2-1-3-6-17/h4,7-8,13,17,20H,1-3,5-6,9-12,14-16H2,(H,26,33)/t20-/m0/s1. The van der Waals surface area contributed by atoms with E-state index in [-0.39, 0.29) is 30.1 Å². The summed E-state index contributed by atoms with van der Waals surface area (Å²) < 4.78 is 15.4. The maximum atomic E-state index is 13.5. The molecule has 1 N–H and O–H groups in total. The molecule has 1 aromatic carbocycles. The molecule has 5 rings (SSSR count). The second kappa shape index (κ2) is 9.59. The van der Waals surface area contributed by atoms with Gasteiger partial charge in [0.05, 0.1) is 12.5 Å². The van der Waals surface area contributed by atoms with Crippen LogP contribution in [-0.4, -0.2) is 69.1 Å². The van der Waals surface area contributed by atoms with Gasteiger partial charge in [0.15, 0.2) is 5.82 Å². The molecule has 9 heteroatoms. The predicted molar refractivity (Wildman–Crippen MR) is 120 cm³/mol. The number of nitrogens with one attached hydrogen (secondary N) is 1. The zero-order chi connectivity index (χ0) is 22.8. The van der Waals surface area contributed by atoms with Crippen molar-refractivity contribution in [2.45, 2.75) is 51.1 Å². The number of hydrogen-bond acceptors (Lipinski definition) is 5. The quantitative estimate of drug-likeness (QED) is 0.749. The molecule has 8 nitrogen and oxygen atoms in total. The number of amides is 2. The molecular formula is C24H31FN6O2. The SMILES string of the molecule is O=C(NCC1CCCCC1)c1nnc2n1CCN1CCN(C(=O)Cc3cccc(F)c3)C[C@@H]21. The first-order valence-corrected chi connectivity index (χ1v) is 12.1. The van der Waals surface area contributed by atoms with Crippen molar-refractivity contribution in [1.29, 1.82) is 0 Å². The van der Waals surface area contributed by atoms with E-state index >= 15 is 0 Å². The fourth-order valence-electron chi connectivity index (χ4n) is 5.38. The van der Waals surface area contributed by atoms with Gasteiger partial charge < -0.3 is 14.8 Å². The fourth-order valence-corrected chi connectivity index (χ4v) is 5.38. The molecular weight excluding hydrogens is 423 g/mol. The lowest BCUT2D eigenvalue weighted by atomic mass is 9.89.